The van der Waals surface area contributed by atoms with Crippen LogP contribution in [0.3, 0.4) is 0 Å². The molecule has 0 radical (unpaired) electrons. The van der Waals surface area contributed by atoms with Crippen LogP contribution in [0, 0.1) is 25.7 Å². The average Bonchev–Trinajstić information content (AvgIpc) is 2.35. The normalized spacial score (nSPS) is 23.3. The zero-order valence-electron chi connectivity index (χ0n) is 14.6. The van der Waals surface area contributed by atoms with Gasteiger partial charge in [-0.3, -0.25) is 0 Å². The van der Waals surface area contributed by atoms with Crippen molar-refractivity contribution in [1.29, 1.82) is 0 Å². The standard InChI is InChI=1S/C20H33N/c1-15-10-16(2)12-17(11-15)13-18-8-6-7-9-19(18)14-21-20(3,4)5/h10-12,18-19,21H,6-9,13-14H2,1-5H3. The summed E-state index contributed by atoms with van der Waals surface area (Å²) in [6, 6.07) is 7.05. The van der Waals surface area contributed by atoms with E-state index in [9.17, 15) is 0 Å². The monoisotopic (exact) mass is 287 g/mol. The molecular weight excluding hydrogens is 254 g/mol. The third-order valence-corrected chi connectivity index (χ3v) is 4.74. The Bertz CT molecular complexity index is 435. The lowest BCUT2D eigenvalue weighted by Gasteiger charge is -2.34. The minimum Gasteiger partial charge on any atom is -0.312 e. The first-order valence-corrected chi connectivity index (χ1v) is 8.66. The van der Waals surface area contributed by atoms with Crippen molar-refractivity contribution in [2.24, 2.45) is 11.8 Å². The Balaban J connectivity index is 2.01. The molecular formula is C20H33N. The number of rotatable bonds is 4. The Morgan fingerprint density at radius 3 is 2.10 bits per heavy atom. The molecule has 0 bridgehead atoms. The van der Waals surface area contributed by atoms with E-state index in [1.165, 1.54) is 49.8 Å². The van der Waals surface area contributed by atoms with Crippen molar-refractivity contribution in [3.63, 3.8) is 0 Å². The Hall–Kier alpha value is -0.820. The first kappa shape index (κ1) is 16.5. The Kier molecular flexibility index (Phi) is 5.48. The van der Waals surface area contributed by atoms with Crippen LogP contribution in [0.4, 0.5) is 0 Å². The highest BCUT2D eigenvalue weighted by Gasteiger charge is 2.26. The second-order valence-corrected chi connectivity index (χ2v) is 8.14. The first-order valence-electron chi connectivity index (χ1n) is 8.66. The van der Waals surface area contributed by atoms with Gasteiger partial charge in [0, 0.05) is 5.54 Å². The van der Waals surface area contributed by atoms with Gasteiger partial charge in [-0.2, -0.15) is 0 Å². The first-order chi connectivity index (χ1) is 9.83. The van der Waals surface area contributed by atoms with Crippen molar-refractivity contribution in [2.75, 3.05) is 6.54 Å². The fourth-order valence-electron chi connectivity index (χ4n) is 3.75. The molecule has 0 amide bonds. The van der Waals surface area contributed by atoms with Gasteiger partial charge in [-0.15, -0.1) is 0 Å². The molecule has 2 unspecified atom stereocenters. The van der Waals surface area contributed by atoms with Gasteiger partial charge in [0.05, 0.1) is 0 Å². The molecule has 21 heavy (non-hydrogen) atoms. The zero-order valence-corrected chi connectivity index (χ0v) is 14.6. The summed E-state index contributed by atoms with van der Waals surface area (Å²) >= 11 is 0. The van der Waals surface area contributed by atoms with Crippen LogP contribution in [0.25, 0.3) is 0 Å². The van der Waals surface area contributed by atoms with Crippen molar-refractivity contribution in [1.82, 2.24) is 5.32 Å². The predicted octanol–water partition coefficient (Wildman–Crippen LogP) is 5.04. The molecule has 0 aliphatic heterocycles. The van der Waals surface area contributed by atoms with E-state index in [4.69, 9.17) is 0 Å². The quantitative estimate of drug-likeness (QED) is 0.818. The maximum absolute atomic E-state index is 3.73. The van der Waals surface area contributed by atoms with Gasteiger partial charge in [0.25, 0.3) is 0 Å². The van der Waals surface area contributed by atoms with Crippen LogP contribution in [-0.4, -0.2) is 12.1 Å². The minimum atomic E-state index is 0.238. The number of hydrogen-bond acceptors (Lipinski definition) is 1. The second-order valence-electron chi connectivity index (χ2n) is 8.14. The van der Waals surface area contributed by atoms with Gasteiger partial charge in [-0.25, -0.2) is 0 Å². The highest BCUT2D eigenvalue weighted by atomic mass is 14.9. The fraction of sp³-hybridized carbons (Fsp3) is 0.700. The third kappa shape index (κ3) is 5.47. The summed E-state index contributed by atoms with van der Waals surface area (Å²) in [5, 5.41) is 3.73. The van der Waals surface area contributed by atoms with Crippen molar-refractivity contribution in [2.45, 2.75) is 72.3 Å². The van der Waals surface area contributed by atoms with Crippen LogP contribution in [-0.2, 0) is 6.42 Å². The Morgan fingerprint density at radius 2 is 1.52 bits per heavy atom. The van der Waals surface area contributed by atoms with Gasteiger partial charge in [0.2, 0.25) is 0 Å². The zero-order chi connectivity index (χ0) is 15.5. The van der Waals surface area contributed by atoms with Gasteiger partial charge in [0.1, 0.15) is 0 Å². The van der Waals surface area contributed by atoms with E-state index < -0.39 is 0 Å². The molecule has 0 aromatic heterocycles. The van der Waals surface area contributed by atoms with E-state index in [0.717, 1.165) is 11.8 Å². The minimum absolute atomic E-state index is 0.238. The summed E-state index contributed by atoms with van der Waals surface area (Å²) in [6.07, 6.45) is 6.91. The van der Waals surface area contributed by atoms with E-state index in [-0.39, 0.29) is 5.54 Å². The highest BCUT2D eigenvalue weighted by Crippen LogP contribution is 2.33. The largest absolute Gasteiger partial charge is 0.312 e. The van der Waals surface area contributed by atoms with E-state index in [1.807, 2.05) is 0 Å². The third-order valence-electron chi connectivity index (χ3n) is 4.74. The van der Waals surface area contributed by atoms with Gasteiger partial charge in [-0.1, -0.05) is 42.2 Å². The van der Waals surface area contributed by atoms with Gasteiger partial charge >= 0.3 is 0 Å². The second kappa shape index (κ2) is 6.96. The number of benzene rings is 1. The summed E-state index contributed by atoms with van der Waals surface area (Å²) in [6.45, 7) is 12.4. The molecule has 118 valence electrons. The lowest BCUT2D eigenvalue weighted by molar-refractivity contribution is 0.213. The lowest BCUT2D eigenvalue weighted by atomic mass is 9.75. The molecule has 1 aromatic rings. The van der Waals surface area contributed by atoms with Crippen molar-refractivity contribution >= 4 is 0 Å². The molecule has 0 heterocycles. The molecule has 1 nitrogen and oxygen atoms in total. The van der Waals surface area contributed by atoms with Gasteiger partial charge < -0.3 is 5.32 Å². The van der Waals surface area contributed by atoms with Gasteiger partial charge in [0.15, 0.2) is 0 Å². The van der Waals surface area contributed by atoms with Crippen molar-refractivity contribution in [3.8, 4) is 0 Å². The maximum atomic E-state index is 3.73. The molecule has 1 aliphatic carbocycles. The lowest BCUT2D eigenvalue weighted by Crippen LogP contribution is -2.41. The average molecular weight is 287 g/mol. The Labute approximate surface area is 131 Å². The van der Waals surface area contributed by atoms with Crippen LogP contribution in [0.1, 0.15) is 63.1 Å². The summed E-state index contributed by atoms with van der Waals surface area (Å²) in [5.74, 6) is 1.70. The Morgan fingerprint density at radius 1 is 0.952 bits per heavy atom. The van der Waals surface area contributed by atoms with Crippen LogP contribution in [0.2, 0.25) is 0 Å². The smallest absolute Gasteiger partial charge is 0.00966 e. The van der Waals surface area contributed by atoms with Crippen molar-refractivity contribution in [3.05, 3.63) is 34.9 Å². The van der Waals surface area contributed by atoms with E-state index in [2.05, 4.69) is 58.1 Å². The molecule has 1 heteroatoms. The summed E-state index contributed by atoms with van der Waals surface area (Å²) in [5.41, 5.74) is 4.59. The summed E-state index contributed by atoms with van der Waals surface area (Å²) < 4.78 is 0. The molecule has 2 atom stereocenters. The van der Waals surface area contributed by atoms with E-state index in [0.29, 0.717) is 0 Å². The maximum Gasteiger partial charge on any atom is 0.00966 e. The van der Waals surface area contributed by atoms with Gasteiger partial charge in [-0.05, 0) is 77.8 Å². The molecule has 1 N–H and O–H groups in total. The SMILES string of the molecule is Cc1cc(C)cc(CC2CCCCC2CNC(C)(C)C)c1. The molecule has 0 saturated heterocycles. The van der Waals surface area contributed by atoms with Crippen LogP contribution in [0.15, 0.2) is 18.2 Å². The molecule has 2 rings (SSSR count). The van der Waals surface area contributed by atoms with Crippen molar-refractivity contribution < 1.29 is 0 Å². The highest BCUT2D eigenvalue weighted by molar-refractivity contribution is 5.28. The topological polar surface area (TPSA) is 12.0 Å². The molecule has 1 aromatic carbocycles. The molecule has 1 fully saturated rings. The fourth-order valence-corrected chi connectivity index (χ4v) is 3.75. The van der Waals surface area contributed by atoms with Crippen LogP contribution < -0.4 is 5.32 Å². The number of hydrogen-bond donors (Lipinski definition) is 1. The van der Waals surface area contributed by atoms with Crippen LogP contribution in [0.5, 0.6) is 0 Å². The number of nitrogens with one attached hydrogen (secondary N) is 1. The van der Waals surface area contributed by atoms with E-state index >= 15 is 0 Å². The molecule has 1 saturated carbocycles. The van der Waals surface area contributed by atoms with Crippen LogP contribution >= 0.6 is 0 Å². The summed E-state index contributed by atoms with van der Waals surface area (Å²) in [7, 11) is 0. The predicted molar refractivity (Wildman–Crippen MR) is 92.8 cm³/mol. The molecule has 1 aliphatic rings. The van der Waals surface area contributed by atoms with E-state index in [1.54, 1.807) is 5.56 Å². The molecule has 0 spiro atoms. The summed E-state index contributed by atoms with van der Waals surface area (Å²) in [4.78, 5) is 0. The number of aryl methyl sites for hydroxylation is 2.